The summed E-state index contributed by atoms with van der Waals surface area (Å²) in [6, 6.07) is 6.20. The van der Waals surface area contributed by atoms with E-state index in [1.165, 1.54) is 5.57 Å². The molecular weight excluding hydrogens is 402 g/mol. The van der Waals surface area contributed by atoms with Gasteiger partial charge in [-0.3, -0.25) is 15.1 Å². The Labute approximate surface area is 190 Å². The van der Waals surface area contributed by atoms with Crippen LogP contribution in [0.25, 0.3) is 6.08 Å². The number of carbonyl (C=O) groups excluding carboxylic acids is 1. The summed E-state index contributed by atoms with van der Waals surface area (Å²) < 4.78 is 0. The maximum Gasteiger partial charge on any atom is 0.249 e. The Kier molecular flexibility index (Phi) is 6.83. The van der Waals surface area contributed by atoms with Crippen molar-refractivity contribution in [1.82, 2.24) is 20.5 Å². The summed E-state index contributed by atoms with van der Waals surface area (Å²) in [4.78, 5) is 15.1. The van der Waals surface area contributed by atoms with Gasteiger partial charge in [-0.1, -0.05) is 26.0 Å². The van der Waals surface area contributed by atoms with E-state index in [9.17, 15) is 4.79 Å². The normalized spacial score (nSPS) is 22.2. The lowest BCUT2D eigenvalue weighted by Crippen LogP contribution is -2.50. The molecular formula is C24H35N7O. The summed E-state index contributed by atoms with van der Waals surface area (Å²) in [7, 11) is 0. The van der Waals surface area contributed by atoms with Crippen molar-refractivity contribution in [2.75, 3.05) is 31.5 Å². The molecule has 3 aliphatic rings. The van der Waals surface area contributed by atoms with E-state index < -0.39 is 0 Å². The first-order valence-corrected chi connectivity index (χ1v) is 11.6. The molecule has 4 rings (SSSR count). The molecule has 0 fully saturated rings. The zero-order chi connectivity index (χ0) is 22.7. The summed E-state index contributed by atoms with van der Waals surface area (Å²) in [5, 5.41) is 11.9. The number of hydrogen-bond donors (Lipinski definition) is 5. The Morgan fingerprint density at radius 1 is 1.22 bits per heavy atom. The van der Waals surface area contributed by atoms with Crippen LogP contribution in [-0.2, 0) is 4.79 Å². The van der Waals surface area contributed by atoms with Crippen LogP contribution in [0.2, 0.25) is 0 Å². The highest BCUT2D eigenvalue weighted by atomic mass is 16.2. The zero-order valence-electron chi connectivity index (χ0n) is 19.0. The number of carbonyl (C=O) groups is 1. The van der Waals surface area contributed by atoms with Gasteiger partial charge in [-0.15, -0.1) is 0 Å². The van der Waals surface area contributed by atoms with E-state index in [1.54, 1.807) is 5.01 Å². The van der Waals surface area contributed by atoms with E-state index in [0.717, 1.165) is 67.1 Å². The zero-order valence-corrected chi connectivity index (χ0v) is 19.0. The average Bonchev–Trinajstić information content (AvgIpc) is 2.96. The Hall–Kier alpha value is -2.81. The minimum atomic E-state index is -0.331. The fourth-order valence-corrected chi connectivity index (χ4v) is 4.62. The lowest BCUT2D eigenvalue weighted by Gasteiger charge is -2.39. The maximum absolute atomic E-state index is 13.2. The number of anilines is 1. The molecule has 1 aromatic rings. The molecule has 2 atom stereocenters. The second-order valence-corrected chi connectivity index (χ2v) is 8.64. The number of amides is 1. The van der Waals surface area contributed by atoms with Crippen LogP contribution in [0.15, 0.2) is 47.3 Å². The quantitative estimate of drug-likeness (QED) is 0.433. The van der Waals surface area contributed by atoms with E-state index in [1.807, 2.05) is 23.2 Å². The van der Waals surface area contributed by atoms with Gasteiger partial charge in [0, 0.05) is 37.3 Å². The predicted molar refractivity (Wildman–Crippen MR) is 129 cm³/mol. The highest BCUT2D eigenvalue weighted by Crippen LogP contribution is 2.32. The van der Waals surface area contributed by atoms with Crippen molar-refractivity contribution in [3.63, 3.8) is 0 Å². The van der Waals surface area contributed by atoms with Gasteiger partial charge in [-0.05, 0) is 54.0 Å². The molecule has 3 heterocycles. The van der Waals surface area contributed by atoms with E-state index in [2.05, 4.69) is 48.0 Å². The average molecular weight is 438 g/mol. The molecule has 32 heavy (non-hydrogen) atoms. The second-order valence-electron chi connectivity index (χ2n) is 8.64. The molecule has 0 bridgehead atoms. The Balaban J connectivity index is 1.61. The molecule has 1 amide bonds. The topological polar surface area (TPSA) is 112 Å². The number of rotatable bonds is 6. The third kappa shape index (κ3) is 4.53. The number of benzene rings is 1. The van der Waals surface area contributed by atoms with Gasteiger partial charge in [0.1, 0.15) is 6.17 Å². The van der Waals surface area contributed by atoms with E-state index in [0.29, 0.717) is 6.42 Å². The summed E-state index contributed by atoms with van der Waals surface area (Å²) in [5.74, 6) is 6.57. The maximum atomic E-state index is 13.2. The van der Waals surface area contributed by atoms with Crippen LogP contribution in [0.5, 0.6) is 0 Å². The number of dihydropyridines is 1. The first kappa shape index (κ1) is 22.4. The van der Waals surface area contributed by atoms with Gasteiger partial charge in [0.2, 0.25) is 5.91 Å². The summed E-state index contributed by atoms with van der Waals surface area (Å²) >= 11 is 0. The minimum absolute atomic E-state index is 0.0854. The van der Waals surface area contributed by atoms with Crippen molar-refractivity contribution in [3.05, 3.63) is 58.4 Å². The van der Waals surface area contributed by atoms with Crippen molar-refractivity contribution in [2.45, 2.75) is 45.4 Å². The molecule has 7 N–H and O–H groups in total. The second kappa shape index (κ2) is 9.77. The first-order chi connectivity index (χ1) is 15.5. The number of nitrogens with zero attached hydrogens (tertiary/aromatic N) is 2. The molecule has 0 radical (unpaired) electrons. The minimum Gasteiger partial charge on any atom is -0.385 e. The van der Waals surface area contributed by atoms with Gasteiger partial charge in [0.25, 0.3) is 0 Å². The fourth-order valence-electron chi connectivity index (χ4n) is 4.62. The van der Waals surface area contributed by atoms with Gasteiger partial charge >= 0.3 is 0 Å². The lowest BCUT2D eigenvalue weighted by molar-refractivity contribution is -0.127. The Morgan fingerprint density at radius 3 is 2.75 bits per heavy atom. The number of hydrogen-bond acceptors (Lipinski definition) is 7. The Morgan fingerprint density at radius 2 is 2.00 bits per heavy atom. The lowest BCUT2D eigenvalue weighted by atomic mass is 10.0. The van der Waals surface area contributed by atoms with Gasteiger partial charge in [0.05, 0.1) is 18.4 Å². The van der Waals surface area contributed by atoms with Gasteiger partial charge < -0.3 is 21.3 Å². The van der Waals surface area contributed by atoms with Crippen molar-refractivity contribution >= 4 is 17.7 Å². The molecule has 0 saturated heterocycles. The number of nitrogens with two attached hydrogens (primary N) is 2. The highest BCUT2D eigenvalue weighted by Gasteiger charge is 2.28. The monoisotopic (exact) mass is 437 g/mol. The molecule has 2 unspecified atom stereocenters. The fraction of sp³-hybridized carbons (Fsp3) is 0.458. The van der Waals surface area contributed by atoms with Crippen LogP contribution in [-0.4, -0.2) is 48.2 Å². The molecule has 1 aromatic carbocycles. The molecule has 0 aliphatic carbocycles. The van der Waals surface area contributed by atoms with E-state index in [-0.39, 0.29) is 18.2 Å². The number of fused-ring (bicyclic) bond motifs is 1. The SMILES string of the molecule is CCCN(CCC)C(=O)C1=Cc2ccc(C3NCC4=C(CNC=C4)N3N)cc2NC(N)C1. The van der Waals surface area contributed by atoms with Gasteiger partial charge in [-0.2, -0.15) is 0 Å². The van der Waals surface area contributed by atoms with Crippen molar-refractivity contribution in [1.29, 1.82) is 0 Å². The number of nitrogens with one attached hydrogen (secondary N) is 3. The molecule has 172 valence electrons. The highest BCUT2D eigenvalue weighted by molar-refractivity contribution is 5.99. The summed E-state index contributed by atoms with van der Waals surface area (Å²) in [6.07, 6.45) is 7.91. The predicted octanol–water partition coefficient (Wildman–Crippen LogP) is 1.97. The molecule has 8 nitrogen and oxygen atoms in total. The standard InChI is InChI=1S/C24H35N7O/c1-3-9-30(10-4-2)24(32)19-11-16-5-6-17(12-20(16)29-22(25)13-19)23-28-14-18-7-8-27-15-21(18)31(23)26/h5-8,11-12,22-23,27-29H,3-4,9-10,13-15,25-26H2,1-2H3. The third-order valence-electron chi connectivity index (χ3n) is 6.17. The third-order valence-corrected chi connectivity index (χ3v) is 6.17. The van der Waals surface area contributed by atoms with Crippen molar-refractivity contribution < 1.29 is 4.79 Å². The van der Waals surface area contributed by atoms with Crippen LogP contribution in [0.4, 0.5) is 5.69 Å². The Bertz CT molecular complexity index is 946. The van der Waals surface area contributed by atoms with Gasteiger partial charge in [0.15, 0.2) is 0 Å². The molecule has 3 aliphatic heterocycles. The van der Waals surface area contributed by atoms with Crippen LogP contribution in [0.1, 0.15) is 50.4 Å². The van der Waals surface area contributed by atoms with Crippen LogP contribution in [0.3, 0.4) is 0 Å². The molecule has 0 aromatic heterocycles. The summed E-state index contributed by atoms with van der Waals surface area (Å²) in [6.45, 7) is 7.20. The number of hydrazine groups is 1. The molecule has 8 heteroatoms. The summed E-state index contributed by atoms with van der Waals surface area (Å²) in [5.41, 5.74) is 12.4. The van der Waals surface area contributed by atoms with Gasteiger partial charge in [-0.25, -0.2) is 5.84 Å². The van der Waals surface area contributed by atoms with Crippen molar-refractivity contribution in [3.8, 4) is 0 Å². The largest absolute Gasteiger partial charge is 0.385 e. The van der Waals surface area contributed by atoms with Crippen molar-refractivity contribution in [2.24, 2.45) is 11.6 Å². The first-order valence-electron chi connectivity index (χ1n) is 11.6. The smallest absolute Gasteiger partial charge is 0.249 e. The molecule has 0 saturated carbocycles. The molecule has 0 spiro atoms. The van der Waals surface area contributed by atoms with E-state index in [4.69, 9.17) is 11.6 Å². The van der Waals surface area contributed by atoms with Crippen LogP contribution in [0, 0.1) is 0 Å². The van der Waals surface area contributed by atoms with E-state index >= 15 is 0 Å². The van der Waals surface area contributed by atoms with Crippen LogP contribution < -0.4 is 27.5 Å². The van der Waals surface area contributed by atoms with Crippen LogP contribution >= 0.6 is 0 Å².